The Kier molecular flexibility index (Phi) is 11.0. The number of aromatic nitrogens is 8. The van der Waals surface area contributed by atoms with Gasteiger partial charge < -0.3 is 24.3 Å². The van der Waals surface area contributed by atoms with Crippen LogP contribution in [0.5, 0.6) is 11.6 Å². The van der Waals surface area contributed by atoms with Gasteiger partial charge in [-0.05, 0) is 93.3 Å². The van der Waals surface area contributed by atoms with E-state index in [9.17, 15) is 5.26 Å². The highest BCUT2D eigenvalue weighted by Gasteiger charge is 2.32. The van der Waals surface area contributed by atoms with Crippen LogP contribution in [0, 0.1) is 17.2 Å². The van der Waals surface area contributed by atoms with E-state index in [1.807, 2.05) is 25.3 Å². The first kappa shape index (κ1) is 34.8. The summed E-state index contributed by atoms with van der Waals surface area (Å²) in [6, 6.07) is 8.53. The van der Waals surface area contributed by atoms with E-state index in [1.54, 1.807) is 23.1 Å². The molecule has 7 rings (SSSR count). The zero-order valence-corrected chi connectivity index (χ0v) is 29.6. The number of nitrogens with zero attached hydrogens (tertiary/aromatic N) is 10. The van der Waals surface area contributed by atoms with Crippen LogP contribution in [0.25, 0.3) is 11.1 Å². The molecule has 3 aliphatic rings. The van der Waals surface area contributed by atoms with Gasteiger partial charge in [-0.25, -0.2) is 14.6 Å². The third kappa shape index (κ3) is 8.81. The SMILES string of the molecule is C[C@@H]1CN(C2CCC(n3cc(Nc4ncc(-c5ccc(C#N)c(O[C@@H](C)Cn6cnnn6)c5)cn4)c(OCC4CCOCC4)n3)CC2)C[C@@H](C)O1. The van der Waals surface area contributed by atoms with Gasteiger partial charge in [0.1, 0.15) is 29.9 Å². The minimum atomic E-state index is -0.269. The van der Waals surface area contributed by atoms with Gasteiger partial charge in [-0.3, -0.25) is 9.58 Å². The van der Waals surface area contributed by atoms with E-state index in [4.69, 9.17) is 24.0 Å². The zero-order valence-electron chi connectivity index (χ0n) is 29.6. The molecule has 0 amide bonds. The van der Waals surface area contributed by atoms with Crippen molar-refractivity contribution in [3.8, 4) is 28.8 Å². The highest BCUT2D eigenvalue weighted by atomic mass is 16.5. The van der Waals surface area contributed by atoms with Crippen LogP contribution >= 0.6 is 0 Å². The molecule has 1 aliphatic carbocycles. The lowest BCUT2D eigenvalue weighted by Gasteiger charge is -2.42. The second kappa shape index (κ2) is 16.1. The lowest BCUT2D eigenvalue weighted by molar-refractivity contribution is -0.0852. The number of morpholine rings is 1. The summed E-state index contributed by atoms with van der Waals surface area (Å²) < 4.78 is 27.7. The molecule has 0 bridgehead atoms. The molecule has 4 aromatic rings. The summed E-state index contributed by atoms with van der Waals surface area (Å²) >= 11 is 0. The van der Waals surface area contributed by atoms with Crippen molar-refractivity contribution in [2.24, 2.45) is 5.92 Å². The number of tetrazole rings is 1. The standard InChI is InChI=1S/C36H47N11O4/c1-24-18-45(19-25(2)50-24)31-6-8-32(9-7-31)47-21-33(35(42-47)49-22-27-10-12-48-13-11-27)41-36-38-16-30(17-39-36)28-4-5-29(15-37)34(14-28)51-26(3)20-46-23-40-43-44-46/h4-5,14,16-17,21,23-27,31-32H,6-13,18-20,22H2,1-3H3,(H,38,39,41)/t24-,25-,26+,31?,32?/m1/s1. The van der Waals surface area contributed by atoms with Gasteiger partial charge in [-0.15, -0.1) is 10.2 Å². The predicted octanol–water partition coefficient (Wildman–Crippen LogP) is 4.81. The van der Waals surface area contributed by atoms with Crippen molar-refractivity contribution in [1.82, 2.24) is 44.9 Å². The van der Waals surface area contributed by atoms with Crippen molar-refractivity contribution in [3.63, 3.8) is 0 Å². The van der Waals surface area contributed by atoms with Crippen LogP contribution in [0.2, 0.25) is 0 Å². The molecule has 3 fully saturated rings. The van der Waals surface area contributed by atoms with Gasteiger partial charge in [0.25, 0.3) is 5.88 Å². The second-order valence-electron chi connectivity index (χ2n) is 14.1. The number of hydrogen-bond donors (Lipinski definition) is 1. The Morgan fingerprint density at radius 2 is 1.75 bits per heavy atom. The number of hydrogen-bond acceptors (Lipinski definition) is 13. The molecule has 15 nitrogen and oxygen atoms in total. The topological polar surface area (TPSA) is 163 Å². The lowest BCUT2D eigenvalue weighted by Crippen LogP contribution is -2.51. The van der Waals surface area contributed by atoms with Gasteiger partial charge in [0, 0.05) is 50.3 Å². The number of nitriles is 1. The predicted molar refractivity (Wildman–Crippen MR) is 188 cm³/mol. The second-order valence-corrected chi connectivity index (χ2v) is 14.1. The molecule has 3 aromatic heterocycles. The number of anilines is 2. The Labute approximate surface area is 298 Å². The van der Waals surface area contributed by atoms with Crippen molar-refractivity contribution >= 4 is 11.6 Å². The molecule has 1 aromatic carbocycles. The molecule has 270 valence electrons. The zero-order chi connectivity index (χ0) is 35.2. The van der Waals surface area contributed by atoms with E-state index in [1.165, 1.54) is 6.33 Å². The number of benzene rings is 1. The highest BCUT2D eigenvalue weighted by Crippen LogP contribution is 2.36. The van der Waals surface area contributed by atoms with E-state index in [0.717, 1.165) is 81.6 Å². The van der Waals surface area contributed by atoms with Crippen LogP contribution in [-0.2, 0) is 16.0 Å². The van der Waals surface area contributed by atoms with E-state index >= 15 is 0 Å². The first-order valence-electron chi connectivity index (χ1n) is 18.1. The quantitative estimate of drug-likeness (QED) is 0.215. The summed E-state index contributed by atoms with van der Waals surface area (Å²) in [5.74, 6) is 1.91. The summed E-state index contributed by atoms with van der Waals surface area (Å²) in [6.07, 6.45) is 13.7. The minimum absolute atomic E-state index is 0.269. The van der Waals surface area contributed by atoms with Gasteiger partial charge in [0.05, 0.1) is 43.2 Å². The van der Waals surface area contributed by atoms with E-state index < -0.39 is 0 Å². The Hall–Kier alpha value is -4.65. The smallest absolute Gasteiger partial charge is 0.256 e. The van der Waals surface area contributed by atoms with Crippen LogP contribution in [0.3, 0.4) is 0 Å². The molecular formula is C36H47N11O4. The molecule has 2 saturated heterocycles. The van der Waals surface area contributed by atoms with Crippen LogP contribution in [0.15, 0.2) is 43.1 Å². The third-order valence-electron chi connectivity index (χ3n) is 10.00. The average Bonchev–Trinajstić information content (AvgIpc) is 3.81. The Bertz CT molecular complexity index is 1740. The normalized spacial score (nSPS) is 23.7. The molecule has 5 heterocycles. The molecule has 1 saturated carbocycles. The maximum Gasteiger partial charge on any atom is 0.256 e. The Morgan fingerprint density at radius 3 is 2.45 bits per heavy atom. The maximum absolute atomic E-state index is 9.70. The van der Waals surface area contributed by atoms with Crippen LogP contribution in [0.4, 0.5) is 11.6 Å². The van der Waals surface area contributed by atoms with Crippen LogP contribution in [-0.4, -0.2) is 102 Å². The van der Waals surface area contributed by atoms with Gasteiger partial charge in [0.2, 0.25) is 5.95 Å². The highest BCUT2D eigenvalue weighted by molar-refractivity contribution is 5.67. The molecule has 0 spiro atoms. The summed E-state index contributed by atoms with van der Waals surface area (Å²) in [5, 5.41) is 29.3. The molecule has 3 atom stereocenters. The Balaban J connectivity index is 1.04. The molecule has 0 radical (unpaired) electrons. The van der Waals surface area contributed by atoms with Crippen molar-refractivity contribution in [1.29, 1.82) is 5.26 Å². The fourth-order valence-corrected chi connectivity index (χ4v) is 7.40. The molecule has 1 N–H and O–H groups in total. The van der Waals surface area contributed by atoms with E-state index in [-0.39, 0.29) is 18.3 Å². The first-order chi connectivity index (χ1) is 24.9. The van der Waals surface area contributed by atoms with Gasteiger partial charge in [-0.1, -0.05) is 6.07 Å². The van der Waals surface area contributed by atoms with Crippen molar-refractivity contribution < 1.29 is 18.9 Å². The Morgan fingerprint density at radius 1 is 1.00 bits per heavy atom. The van der Waals surface area contributed by atoms with Crippen molar-refractivity contribution in [3.05, 3.63) is 48.7 Å². The molecule has 0 unspecified atom stereocenters. The summed E-state index contributed by atoms with van der Waals surface area (Å²) in [6.45, 7) is 10.8. The molecule has 15 heteroatoms. The van der Waals surface area contributed by atoms with Gasteiger partial charge in [0.15, 0.2) is 0 Å². The number of rotatable bonds is 12. The summed E-state index contributed by atoms with van der Waals surface area (Å²) in [7, 11) is 0. The van der Waals surface area contributed by atoms with Crippen LogP contribution in [0.1, 0.15) is 70.9 Å². The first-order valence-corrected chi connectivity index (χ1v) is 18.1. The molecular weight excluding hydrogens is 650 g/mol. The fraction of sp³-hybridized carbons (Fsp3) is 0.583. The summed E-state index contributed by atoms with van der Waals surface area (Å²) in [4.78, 5) is 11.9. The largest absolute Gasteiger partial charge is 0.487 e. The molecule has 51 heavy (non-hydrogen) atoms. The maximum atomic E-state index is 9.70. The molecule has 2 aliphatic heterocycles. The minimum Gasteiger partial charge on any atom is -0.487 e. The van der Waals surface area contributed by atoms with Crippen molar-refractivity contribution in [2.45, 2.75) is 96.2 Å². The van der Waals surface area contributed by atoms with Gasteiger partial charge in [-0.2, -0.15) is 5.26 Å². The number of nitrogens with one attached hydrogen (secondary N) is 1. The van der Waals surface area contributed by atoms with Crippen LogP contribution < -0.4 is 14.8 Å². The van der Waals surface area contributed by atoms with Gasteiger partial charge >= 0.3 is 0 Å². The monoisotopic (exact) mass is 697 g/mol. The average molecular weight is 698 g/mol. The third-order valence-corrected chi connectivity index (χ3v) is 10.00. The van der Waals surface area contributed by atoms with E-state index in [2.05, 4.69) is 60.3 Å². The number of ether oxygens (including phenoxy) is 4. The van der Waals surface area contributed by atoms with E-state index in [0.29, 0.717) is 54.3 Å². The summed E-state index contributed by atoms with van der Waals surface area (Å²) in [5.41, 5.74) is 2.80. The fourth-order valence-electron chi connectivity index (χ4n) is 7.40. The van der Waals surface area contributed by atoms with Crippen molar-refractivity contribution in [2.75, 3.05) is 38.2 Å². The lowest BCUT2D eigenvalue weighted by atomic mass is 9.89.